The summed E-state index contributed by atoms with van der Waals surface area (Å²) in [6.45, 7) is 0. The van der Waals surface area contributed by atoms with Crippen molar-refractivity contribution in [2.24, 2.45) is 5.73 Å². The second kappa shape index (κ2) is 4.19. The van der Waals surface area contributed by atoms with Crippen molar-refractivity contribution in [1.29, 1.82) is 0 Å². The minimum absolute atomic E-state index is 0.432. The van der Waals surface area contributed by atoms with E-state index in [0.29, 0.717) is 18.1 Å². The van der Waals surface area contributed by atoms with Gasteiger partial charge in [0.25, 0.3) is 0 Å². The first-order chi connectivity index (χ1) is 7.81. The van der Waals surface area contributed by atoms with E-state index in [-0.39, 0.29) is 0 Å². The molecule has 3 N–H and O–H groups in total. The monoisotopic (exact) mass is 216 g/mol. The first-order valence-electron chi connectivity index (χ1n) is 6.39. The third-order valence-corrected chi connectivity index (χ3v) is 4.00. The molecule has 2 aliphatic carbocycles. The lowest BCUT2D eigenvalue weighted by Crippen LogP contribution is -2.38. The van der Waals surface area contributed by atoms with Crippen molar-refractivity contribution in [2.45, 2.75) is 50.2 Å². The number of rotatable bonds is 2. The average molecular weight is 216 g/mol. The Morgan fingerprint density at radius 1 is 1.00 bits per heavy atom. The molecule has 2 atom stereocenters. The van der Waals surface area contributed by atoms with E-state index in [1.165, 1.54) is 36.8 Å². The van der Waals surface area contributed by atoms with Gasteiger partial charge >= 0.3 is 0 Å². The molecule has 3 rings (SSSR count). The maximum Gasteiger partial charge on any atom is 0.0151 e. The van der Waals surface area contributed by atoms with Crippen LogP contribution in [-0.2, 0) is 12.8 Å². The van der Waals surface area contributed by atoms with E-state index < -0.39 is 0 Å². The summed E-state index contributed by atoms with van der Waals surface area (Å²) in [5.74, 6) is 0. The summed E-state index contributed by atoms with van der Waals surface area (Å²) in [6.07, 6.45) is 6.00. The van der Waals surface area contributed by atoms with Gasteiger partial charge in [-0.25, -0.2) is 0 Å². The van der Waals surface area contributed by atoms with Crippen molar-refractivity contribution in [3.63, 3.8) is 0 Å². The number of nitrogens with two attached hydrogens (primary N) is 1. The van der Waals surface area contributed by atoms with Gasteiger partial charge in [-0.05, 0) is 43.2 Å². The SMILES string of the molecule is NC1CCC(NC2Cc3ccccc3C2)C1. The van der Waals surface area contributed by atoms with Gasteiger partial charge in [-0.15, -0.1) is 0 Å². The Hall–Kier alpha value is -0.860. The summed E-state index contributed by atoms with van der Waals surface area (Å²) in [5.41, 5.74) is 9.00. The zero-order chi connectivity index (χ0) is 11.0. The molecule has 2 aliphatic rings. The van der Waals surface area contributed by atoms with Crippen molar-refractivity contribution in [3.05, 3.63) is 35.4 Å². The molecule has 0 spiro atoms. The van der Waals surface area contributed by atoms with Crippen molar-refractivity contribution in [1.82, 2.24) is 5.32 Å². The van der Waals surface area contributed by atoms with E-state index in [9.17, 15) is 0 Å². The van der Waals surface area contributed by atoms with E-state index in [4.69, 9.17) is 5.73 Å². The zero-order valence-corrected chi connectivity index (χ0v) is 9.65. The molecule has 1 fully saturated rings. The summed E-state index contributed by atoms with van der Waals surface area (Å²) in [7, 11) is 0. The standard InChI is InChI=1S/C14H20N2/c15-12-5-6-13(9-12)16-14-7-10-3-1-2-4-11(10)8-14/h1-4,12-14,16H,5-9,15H2. The molecule has 0 heterocycles. The quantitative estimate of drug-likeness (QED) is 0.788. The molecule has 1 saturated carbocycles. The Morgan fingerprint density at radius 2 is 1.69 bits per heavy atom. The van der Waals surface area contributed by atoms with Crippen molar-refractivity contribution in [3.8, 4) is 0 Å². The predicted octanol–water partition coefficient (Wildman–Crippen LogP) is 1.62. The fourth-order valence-corrected chi connectivity index (χ4v) is 3.18. The lowest BCUT2D eigenvalue weighted by atomic mass is 10.1. The first-order valence-corrected chi connectivity index (χ1v) is 6.39. The van der Waals surface area contributed by atoms with E-state index in [0.717, 1.165) is 6.42 Å². The smallest absolute Gasteiger partial charge is 0.0151 e. The van der Waals surface area contributed by atoms with Gasteiger partial charge in [-0.3, -0.25) is 0 Å². The highest BCUT2D eigenvalue weighted by Gasteiger charge is 2.27. The average Bonchev–Trinajstić information content (AvgIpc) is 2.84. The molecule has 86 valence electrons. The van der Waals surface area contributed by atoms with Gasteiger partial charge in [0.15, 0.2) is 0 Å². The summed E-state index contributed by atoms with van der Waals surface area (Å²) < 4.78 is 0. The van der Waals surface area contributed by atoms with Crippen molar-refractivity contribution < 1.29 is 0 Å². The normalized spacial score (nSPS) is 29.6. The molecule has 0 amide bonds. The number of fused-ring (bicyclic) bond motifs is 1. The molecule has 1 aromatic rings. The minimum atomic E-state index is 0.432. The van der Waals surface area contributed by atoms with Crippen LogP contribution in [0.4, 0.5) is 0 Å². The maximum absolute atomic E-state index is 5.94. The topological polar surface area (TPSA) is 38.0 Å². The Kier molecular flexibility index (Phi) is 2.70. The van der Waals surface area contributed by atoms with E-state index in [1.54, 1.807) is 0 Å². The number of hydrogen-bond donors (Lipinski definition) is 2. The van der Waals surface area contributed by atoms with E-state index >= 15 is 0 Å². The summed E-state index contributed by atoms with van der Waals surface area (Å²) >= 11 is 0. The van der Waals surface area contributed by atoms with Crippen molar-refractivity contribution in [2.75, 3.05) is 0 Å². The molecular weight excluding hydrogens is 196 g/mol. The zero-order valence-electron chi connectivity index (χ0n) is 9.65. The Balaban J connectivity index is 1.60. The van der Waals surface area contributed by atoms with Crippen LogP contribution in [0.5, 0.6) is 0 Å². The van der Waals surface area contributed by atoms with Crippen LogP contribution in [0.2, 0.25) is 0 Å². The molecule has 16 heavy (non-hydrogen) atoms. The van der Waals surface area contributed by atoms with Crippen LogP contribution in [0.25, 0.3) is 0 Å². The molecule has 0 bridgehead atoms. The molecule has 0 saturated heterocycles. The van der Waals surface area contributed by atoms with Crippen LogP contribution >= 0.6 is 0 Å². The van der Waals surface area contributed by atoms with Gasteiger partial charge in [0.1, 0.15) is 0 Å². The van der Waals surface area contributed by atoms with Crippen LogP contribution in [0.15, 0.2) is 24.3 Å². The number of benzene rings is 1. The summed E-state index contributed by atoms with van der Waals surface area (Å²) in [6, 6.07) is 10.6. The number of hydrogen-bond acceptors (Lipinski definition) is 2. The second-order valence-electron chi connectivity index (χ2n) is 5.31. The minimum Gasteiger partial charge on any atom is -0.328 e. The van der Waals surface area contributed by atoms with Gasteiger partial charge in [-0.1, -0.05) is 24.3 Å². The van der Waals surface area contributed by atoms with Crippen molar-refractivity contribution >= 4 is 0 Å². The van der Waals surface area contributed by atoms with Gasteiger partial charge in [0.2, 0.25) is 0 Å². The van der Waals surface area contributed by atoms with Gasteiger partial charge in [-0.2, -0.15) is 0 Å². The molecule has 0 radical (unpaired) electrons. The first kappa shape index (κ1) is 10.3. The largest absolute Gasteiger partial charge is 0.328 e. The molecule has 0 aliphatic heterocycles. The molecule has 1 aromatic carbocycles. The summed E-state index contributed by atoms with van der Waals surface area (Å²) in [5, 5.41) is 3.78. The lowest BCUT2D eigenvalue weighted by molar-refractivity contribution is 0.436. The van der Waals surface area contributed by atoms with Gasteiger partial charge < -0.3 is 11.1 Å². The van der Waals surface area contributed by atoms with Gasteiger partial charge in [0.05, 0.1) is 0 Å². The Morgan fingerprint density at radius 3 is 2.25 bits per heavy atom. The molecule has 0 aromatic heterocycles. The third-order valence-electron chi connectivity index (χ3n) is 4.00. The third kappa shape index (κ3) is 2.00. The Labute approximate surface area is 97.2 Å². The highest BCUT2D eigenvalue weighted by Crippen LogP contribution is 2.24. The lowest BCUT2D eigenvalue weighted by Gasteiger charge is -2.18. The van der Waals surface area contributed by atoms with E-state index in [1.807, 2.05) is 0 Å². The van der Waals surface area contributed by atoms with Gasteiger partial charge in [0, 0.05) is 18.1 Å². The van der Waals surface area contributed by atoms with Crippen LogP contribution < -0.4 is 11.1 Å². The maximum atomic E-state index is 5.94. The fraction of sp³-hybridized carbons (Fsp3) is 0.571. The highest BCUT2D eigenvalue weighted by atomic mass is 15.0. The molecule has 2 heteroatoms. The molecular formula is C14H20N2. The highest BCUT2D eigenvalue weighted by molar-refractivity contribution is 5.33. The van der Waals surface area contributed by atoms with Crippen LogP contribution in [0.1, 0.15) is 30.4 Å². The molecule has 2 nitrogen and oxygen atoms in total. The van der Waals surface area contributed by atoms with Crippen LogP contribution in [0.3, 0.4) is 0 Å². The predicted molar refractivity (Wildman–Crippen MR) is 66.4 cm³/mol. The van der Waals surface area contributed by atoms with Crippen LogP contribution in [-0.4, -0.2) is 18.1 Å². The van der Waals surface area contributed by atoms with E-state index in [2.05, 4.69) is 29.6 Å². The molecule has 2 unspecified atom stereocenters. The Bertz CT molecular complexity index is 350. The van der Waals surface area contributed by atoms with Crippen LogP contribution in [0, 0.1) is 0 Å². The fourth-order valence-electron chi connectivity index (χ4n) is 3.18. The second-order valence-corrected chi connectivity index (χ2v) is 5.31. The number of nitrogens with one attached hydrogen (secondary N) is 1. The summed E-state index contributed by atoms with van der Waals surface area (Å²) in [4.78, 5) is 0.